The van der Waals surface area contributed by atoms with Crippen LogP contribution in [-0.4, -0.2) is 78.8 Å². The van der Waals surface area contributed by atoms with Crippen LogP contribution in [0.1, 0.15) is 12.1 Å². The van der Waals surface area contributed by atoms with Crippen LogP contribution in [0.15, 0.2) is 18.0 Å². The van der Waals surface area contributed by atoms with Gasteiger partial charge in [0, 0.05) is 46.5 Å². The van der Waals surface area contributed by atoms with Crippen LogP contribution >= 0.6 is 0 Å². The summed E-state index contributed by atoms with van der Waals surface area (Å²) >= 11 is 0. The van der Waals surface area contributed by atoms with Crippen LogP contribution in [-0.2, 0) is 14.4 Å². The molecule has 0 atom stereocenters. The van der Waals surface area contributed by atoms with E-state index in [9.17, 15) is 14.4 Å². The summed E-state index contributed by atoms with van der Waals surface area (Å²) in [5, 5.41) is 2.12. The summed E-state index contributed by atoms with van der Waals surface area (Å²) in [5.41, 5.74) is 0.867. The van der Waals surface area contributed by atoms with Crippen LogP contribution in [0.4, 0.5) is 5.95 Å². The number of likely N-dealkylation sites (N-methyl/N-ethyl adjacent to an activating group) is 1. The number of aromatic nitrogens is 2. The second-order valence-corrected chi connectivity index (χ2v) is 5.78. The molecule has 1 aromatic rings. The first-order valence-electron chi connectivity index (χ1n) is 7.96. The van der Waals surface area contributed by atoms with Crippen LogP contribution in [0.3, 0.4) is 0 Å². The molecule has 1 saturated heterocycles. The number of hydrogen-bond donors (Lipinski definition) is 1. The Bertz CT molecular complexity index is 661. The highest BCUT2D eigenvalue weighted by Gasteiger charge is 2.17. The zero-order valence-corrected chi connectivity index (χ0v) is 14.4. The van der Waals surface area contributed by atoms with Crippen molar-refractivity contribution in [3.63, 3.8) is 0 Å². The molecular weight excluding hydrogens is 324 g/mol. The molecule has 0 saturated carbocycles. The summed E-state index contributed by atoms with van der Waals surface area (Å²) in [6.45, 7) is 2.75. The van der Waals surface area contributed by atoms with Gasteiger partial charge in [0.2, 0.25) is 18.8 Å². The molecule has 1 fully saturated rings. The Morgan fingerprint density at radius 2 is 2.04 bits per heavy atom. The van der Waals surface area contributed by atoms with Crippen molar-refractivity contribution < 1.29 is 14.4 Å². The van der Waals surface area contributed by atoms with Gasteiger partial charge in [-0.1, -0.05) is 0 Å². The molecule has 134 valence electrons. The molecule has 25 heavy (non-hydrogen) atoms. The Kier molecular flexibility index (Phi) is 6.44. The van der Waals surface area contributed by atoms with Crippen molar-refractivity contribution in [3.05, 3.63) is 23.7 Å². The predicted molar refractivity (Wildman–Crippen MR) is 92.4 cm³/mol. The highest BCUT2D eigenvalue weighted by molar-refractivity contribution is 6.01. The van der Waals surface area contributed by atoms with E-state index in [1.165, 1.54) is 0 Å². The van der Waals surface area contributed by atoms with Gasteiger partial charge in [0.1, 0.15) is 5.70 Å². The van der Waals surface area contributed by atoms with Crippen molar-refractivity contribution in [2.75, 3.05) is 45.2 Å². The van der Waals surface area contributed by atoms with Crippen molar-refractivity contribution in [1.82, 2.24) is 25.1 Å². The maximum absolute atomic E-state index is 11.9. The van der Waals surface area contributed by atoms with Crippen LogP contribution < -0.4 is 10.2 Å². The maximum Gasteiger partial charge on any atom is 0.273 e. The third-order valence-electron chi connectivity index (χ3n) is 3.82. The average molecular weight is 346 g/mol. The van der Waals surface area contributed by atoms with Gasteiger partial charge >= 0.3 is 0 Å². The van der Waals surface area contributed by atoms with Gasteiger partial charge in [-0.2, -0.15) is 0 Å². The normalized spacial score (nSPS) is 15.4. The van der Waals surface area contributed by atoms with E-state index in [0.29, 0.717) is 36.8 Å². The minimum atomic E-state index is -0.503. The molecule has 9 nitrogen and oxygen atoms in total. The van der Waals surface area contributed by atoms with Crippen LogP contribution in [0.5, 0.6) is 0 Å². The van der Waals surface area contributed by atoms with E-state index in [1.54, 1.807) is 42.2 Å². The monoisotopic (exact) mass is 346 g/mol. The lowest BCUT2D eigenvalue weighted by Crippen LogP contribution is -2.31. The smallest absolute Gasteiger partial charge is 0.273 e. The molecule has 2 rings (SSSR count). The van der Waals surface area contributed by atoms with Gasteiger partial charge in [-0.3, -0.25) is 19.7 Å². The van der Waals surface area contributed by atoms with Crippen molar-refractivity contribution in [2.24, 2.45) is 0 Å². The van der Waals surface area contributed by atoms with Crippen molar-refractivity contribution in [2.45, 2.75) is 6.42 Å². The van der Waals surface area contributed by atoms with Gasteiger partial charge in [-0.05, 0) is 18.6 Å². The molecule has 9 heteroatoms. The molecule has 1 aliphatic heterocycles. The molecule has 1 N–H and O–H groups in total. The number of amides is 3. The van der Waals surface area contributed by atoms with Crippen molar-refractivity contribution >= 4 is 30.8 Å². The second-order valence-electron chi connectivity index (χ2n) is 5.78. The lowest BCUT2D eigenvalue weighted by molar-refractivity contribution is -0.123. The highest BCUT2D eigenvalue weighted by Crippen LogP contribution is 2.13. The number of hydrogen-bond acceptors (Lipinski definition) is 7. The molecule has 2 heterocycles. The highest BCUT2D eigenvalue weighted by atomic mass is 16.2. The minimum absolute atomic E-state index is 0.305. The largest absolute Gasteiger partial charge is 0.373 e. The first-order chi connectivity index (χ1) is 12.0. The van der Waals surface area contributed by atoms with Gasteiger partial charge in [-0.15, -0.1) is 0 Å². The third kappa shape index (κ3) is 5.00. The summed E-state index contributed by atoms with van der Waals surface area (Å²) in [6, 6.07) is 1.69. The Balaban J connectivity index is 2.22. The molecule has 0 aliphatic carbocycles. The van der Waals surface area contributed by atoms with E-state index in [2.05, 4.69) is 15.3 Å². The summed E-state index contributed by atoms with van der Waals surface area (Å²) in [4.78, 5) is 47.5. The Morgan fingerprint density at radius 3 is 2.72 bits per heavy atom. The number of anilines is 1. The molecular formula is C16H22N6O3. The molecule has 1 aromatic heterocycles. The third-order valence-corrected chi connectivity index (χ3v) is 3.82. The summed E-state index contributed by atoms with van der Waals surface area (Å²) in [6.07, 6.45) is 5.27. The van der Waals surface area contributed by atoms with E-state index >= 15 is 0 Å². The van der Waals surface area contributed by atoms with Crippen molar-refractivity contribution in [3.8, 4) is 0 Å². The fourth-order valence-electron chi connectivity index (χ4n) is 2.50. The van der Waals surface area contributed by atoms with Gasteiger partial charge in [0.25, 0.3) is 5.91 Å². The fraction of sp³-hybridized carbons (Fsp3) is 0.438. The number of imide groups is 1. The summed E-state index contributed by atoms with van der Waals surface area (Å²) in [5.74, 6) is 0.0481. The van der Waals surface area contributed by atoms with E-state index in [1.807, 2.05) is 4.90 Å². The number of carbonyl (C=O) groups is 3. The molecule has 1 aliphatic rings. The number of nitrogens with zero attached hydrogens (tertiary/aromatic N) is 5. The number of rotatable bonds is 6. The predicted octanol–water partition coefficient (Wildman–Crippen LogP) is -0.680. The Morgan fingerprint density at radius 1 is 1.24 bits per heavy atom. The Labute approximate surface area is 146 Å². The van der Waals surface area contributed by atoms with E-state index in [-0.39, 0.29) is 0 Å². The topological polar surface area (TPSA) is 98.7 Å². The zero-order valence-electron chi connectivity index (χ0n) is 14.4. The van der Waals surface area contributed by atoms with Gasteiger partial charge in [0.05, 0.1) is 5.69 Å². The SMILES string of the molecule is CN(C)/C(=C\c1ccnc(N2CCCN(C=O)CC2)n1)C(=O)NC=O. The quantitative estimate of drug-likeness (QED) is 0.538. The molecule has 3 amide bonds. The van der Waals surface area contributed by atoms with Crippen molar-refractivity contribution in [1.29, 1.82) is 0 Å². The standard InChI is InChI=1S/C16H22N6O3/c1-20(2)14(15(25)18-11-23)10-13-4-5-17-16(19-13)22-7-3-6-21(12-24)8-9-22/h4-5,10-12H,3,6-9H2,1-2H3,(H,18,23,25)/b14-10-. The maximum atomic E-state index is 11.9. The summed E-state index contributed by atoms with van der Waals surface area (Å²) in [7, 11) is 3.42. The number of carbonyl (C=O) groups excluding carboxylic acids is 3. The van der Waals surface area contributed by atoms with Gasteiger partial charge < -0.3 is 14.7 Å². The zero-order chi connectivity index (χ0) is 18.2. The van der Waals surface area contributed by atoms with Gasteiger partial charge in [0.15, 0.2) is 0 Å². The number of nitrogens with one attached hydrogen (secondary N) is 1. The molecule has 0 aromatic carbocycles. The summed E-state index contributed by atoms with van der Waals surface area (Å²) < 4.78 is 0. The van der Waals surface area contributed by atoms with E-state index < -0.39 is 5.91 Å². The first-order valence-corrected chi connectivity index (χ1v) is 7.96. The molecule has 0 radical (unpaired) electrons. The van der Waals surface area contributed by atoms with Crippen LogP contribution in [0, 0.1) is 0 Å². The molecule has 0 unspecified atom stereocenters. The lowest BCUT2D eigenvalue weighted by Gasteiger charge is -2.20. The lowest BCUT2D eigenvalue weighted by atomic mass is 10.3. The van der Waals surface area contributed by atoms with Gasteiger partial charge in [-0.25, -0.2) is 9.97 Å². The second kappa shape index (κ2) is 8.76. The molecule has 0 spiro atoms. The Hall–Kier alpha value is -2.97. The van der Waals surface area contributed by atoms with Crippen LogP contribution in [0.2, 0.25) is 0 Å². The fourth-order valence-corrected chi connectivity index (χ4v) is 2.50. The van der Waals surface area contributed by atoms with Crippen LogP contribution in [0.25, 0.3) is 6.08 Å². The van der Waals surface area contributed by atoms with E-state index in [4.69, 9.17) is 0 Å². The molecule has 0 bridgehead atoms. The minimum Gasteiger partial charge on any atom is -0.373 e. The van der Waals surface area contributed by atoms with E-state index in [0.717, 1.165) is 25.9 Å². The average Bonchev–Trinajstić information content (AvgIpc) is 2.85. The first kappa shape index (κ1) is 18.4.